The second-order valence-electron chi connectivity index (χ2n) is 4.16. The minimum absolute atomic E-state index is 0.241. The van der Waals surface area contributed by atoms with Gasteiger partial charge in [-0.3, -0.25) is 4.79 Å². The van der Waals surface area contributed by atoms with Gasteiger partial charge in [0.1, 0.15) is 0 Å². The largest absolute Gasteiger partial charge is 0.341 e. The summed E-state index contributed by atoms with van der Waals surface area (Å²) in [6.07, 6.45) is 1.17. The summed E-state index contributed by atoms with van der Waals surface area (Å²) >= 11 is 0. The fourth-order valence-corrected chi connectivity index (χ4v) is 1.82. The molecular weight excluding hydrogens is 164 g/mol. The first kappa shape index (κ1) is 10.5. The highest BCUT2D eigenvalue weighted by molar-refractivity contribution is 5.78. The Labute approximate surface area is 80.5 Å². The Morgan fingerprint density at radius 2 is 2.31 bits per heavy atom. The molecule has 1 unspecified atom stereocenters. The third-order valence-corrected chi connectivity index (χ3v) is 2.85. The van der Waals surface area contributed by atoms with Crippen LogP contribution in [0.5, 0.6) is 0 Å². The molecule has 1 rings (SSSR count). The fraction of sp³-hybridized carbons (Fsp3) is 0.900. The van der Waals surface area contributed by atoms with Gasteiger partial charge in [-0.2, -0.15) is 0 Å². The summed E-state index contributed by atoms with van der Waals surface area (Å²) < 4.78 is 0. The van der Waals surface area contributed by atoms with Crippen LogP contribution in [0.4, 0.5) is 0 Å². The smallest absolute Gasteiger partial charge is 0.236 e. The quantitative estimate of drug-likeness (QED) is 0.700. The highest BCUT2D eigenvalue weighted by atomic mass is 16.2. The monoisotopic (exact) mass is 184 g/mol. The van der Waals surface area contributed by atoms with Crippen LogP contribution >= 0.6 is 0 Å². The lowest BCUT2D eigenvalue weighted by atomic mass is 9.95. The van der Waals surface area contributed by atoms with Crippen LogP contribution in [0.2, 0.25) is 0 Å². The van der Waals surface area contributed by atoms with E-state index in [1.165, 1.54) is 6.42 Å². The van der Waals surface area contributed by atoms with Gasteiger partial charge in [0.25, 0.3) is 0 Å². The number of carbonyl (C=O) groups excluding carboxylic acids is 1. The summed E-state index contributed by atoms with van der Waals surface area (Å²) in [6, 6.07) is 0. The first-order valence-electron chi connectivity index (χ1n) is 5.07. The Bertz CT molecular complexity index is 180. The van der Waals surface area contributed by atoms with E-state index < -0.39 is 0 Å². The fourth-order valence-electron chi connectivity index (χ4n) is 1.82. The molecular formula is C10H20N2O. The highest BCUT2D eigenvalue weighted by Gasteiger charge is 2.27. The van der Waals surface area contributed by atoms with Gasteiger partial charge in [0.05, 0.1) is 6.54 Å². The molecule has 1 amide bonds. The van der Waals surface area contributed by atoms with Crippen molar-refractivity contribution in [2.75, 3.05) is 26.7 Å². The third-order valence-electron chi connectivity index (χ3n) is 2.85. The van der Waals surface area contributed by atoms with E-state index in [1.54, 1.807) is 0 Å². The van der Waals surface area contributed by atoms with E-state index in [0.29, 0.717) is 18.4 Å². The normalized spacial score (nSPS) is 22.8. The molecule has 0 radical (unpaired) electrons. The summed E-state index contributed by atoms with van der Waals surface area (Å²) in [4.78, 5) is 13.5. The number of rotatable bonds is 3. The number of hydrogen-bond donors (Lipinski definition) is 1. The molecule has 0 aromatic rings. The Morgan fingerprint density at radius 1 is 1.62 bits per heavy atom. The van der Waals surface area contributed by atoms with Gasteiger partial charge in [-0.25, -0.2) is 0 Å². The molecule has 13 heavy (non-hydrogen) atoms. The van der Waals surface area contributed by atoms with Crippen molar-refractivity contribution in [3.8, 4) is 0 Å². The Morgan fingerprint density at radius 3 is 2.77 bits per heavy atom. The van der Waals surface area contributed by atoms with Crippen molar-refractivity contribution in [1.82, 2.24) is 10.2 Å². The molecule has 1 saturated heterocycles. The topological polar surface area (TPSA) is 32.3 Å². The van der Waals surface area contributed by atoms with Gasteiger partial charge in [-0.05, 0) is 25.3 Å². The molecule has 3 heteroatoms. The maximum Gasteiger partial charge on any atom is 0.236 e. The Balaban J connectivity index is 2.36. The van der Waals surface area contributed by atoms with Gasteiger partial charge in [-0.15, -0.1) is 0 Å². The van der Waals surface area contributed by atoms with Crippen LogP contribution in [0.1, 0.15) is 20.3 Å². The number of nitrogens with zero attached hydrogens (tertiary/aromatic N) is 1. The SMILES string of the molecule is CNCC(=O)N1CCC(C(C)C)C1. The molecule has 1 aliphatic heterocycles. The third kappa shape index (κ3) is 2.69. The van der Waals surface area contributed by atoms with Crippen molar-refractivity contribution < 1.29 is 4.79 Å². The van der Waals surface area contributed by atoms with Crippen molar-refractivity contribution in [2.45, 2.75) is 20.3 Å². The van der Waals surface area contributed by atoms with Crippen LogP contribution in [0.3, 0.4) is 0 Å². The summed E-state index contributed by atoms with van der Waals surface area (Å²) in [5, 5.41) is 2.90. The van der Waals surface area contributed by atoms with Gasteiger partial charge in [-0.1, -0.05) is 13.8 Å². The molecule has 1 heterocycles. The van der Waals surface area contributed by atoms with Crippen molar-refractivity contribution in [2.24, 2.45) is 11.8 Å². The van der Waals surface area contributed by atoms with Gasteiger partial charge in [0.2, 0.25) is 5.91 Å². The second-order valence-corrected chi connectivity index (χ2v) is 4.16. The number of amides is 1. The first-order chi connectivity index (χ1) is 6.15. The van der Waals surface area contributed by atoms with Crippen molar-refractivity contribution in [1.29, 1.82) is 0 Å². The van der Waals surface area contributed by atoms with Gasteiger partial charge in [0.15, 0.2) is 0 Å². The van der Waals surface area contributed by atoms with Crippen LogP contribution in [0.25, 0.3) is 0 Å². The van der Waals surface area contributed by atoms with Crippen molar-refractivity contribution >= 4 is 5.91 Å². The summed E-state index contributed by atoms with van der Waals surface area (Å²) in [7, 11) is 1.81. The lowest BCUT2D eigenvalue weighted by Gasteiger charge is -2.17. The lowest BCUT2D eigenvalue weighted by molar-refractivity contribution is -0.129. The predicted octanol–water partition coefficient (Wildman–Crippen LogP) is 0.710. The molecule has 1 N–H and O–H groups in total. The van der Waals surface area contributed by atoms with E-state index in [-0.39, 0.29) is 5.91 Å². The average molecular weight is 184 g/mol. The lowest BCUT2D eigenvalue weighted by Crippen LogP contribution is -2.35. The minimum Gasteiger partial charge on any atom is -0.341 e. The van der Waals surface area contributed by atoms with E-state index in [4.69, 9.17) is 0 Å². The van der Waals surface area contributed by atoms with Crippen molar-refractivity contribution in [3.63, 3.8) is 0 Å². The molecule has 0 aromatic carbocycles. The standard InChI is InChI=1S/C10H20N2O/c1-8(2)9-4-5-12(7-9)10(13)6-11-3/h8-9,11H,4-7H2,1-3H3. The van der Waals surface area contributed by atoms with Gasteiger partial charge >= 0.3 is 0 Å². The molecule has 1 atom stereocenters. The maximum atomic E-state index is 11.5. The Hall–Kier alpha value is -0.570. The molecule has 1 aliphatic rings. The van der Waals surface area contributed by atoms with Gasteiger partial charge < -0.3 is 10.2 Å². The number of nitrogens with one attached hydrogen (secondary N) is 1. The van der Waals surface area contributed by atoms with Crippen LogP contribution in [-0.4, -0.2) is 37.5 Å². The first-order valence-corrected chi connectivity index (χ1v) is 5.07. The number of likely N-dealkylation sites (tertiary alicyclic amines) is 1. The zero-order chi connectivity index (χ0) is 9.84. The van der Waals surface area contributed by atoms with E-state index in [2.05, 4.69) is 19.2 Å². The summed E-state index contributed by atoms with van der Waals surface area (Å²) in [6.45, 7) is 6.85. The van der Waals surface area contributed by atoms with E-state index >= 15 is 0 Å². The molecule has 0 saturated carbocycles. The highest BCUT2D eigenvalue weighted by Crippen LogP contribution is 2.23. The average Bonchev–Trinajstić information content (AvgIpc) is 2.52. The number of hydrogen-bond acceptors (Lipinski definition) is 2. The molecule has 0 aromatic heterocycles. The minimum atomic E-state index is 0.241. The Kier molecular flexibility index (Phi) is 3.72. The summed E-state index contributed by atoms with van der Waals surface area (Å²) in [5.74, 6) is 1.65. The molecule has 0 aliphatic carbocycles. The van der Waals surface area contributed by atoms with Crippen LogP contribution < -0.4 is 5.32 Å². The van der Waals surface area contributed by atoms with Gasteiger partial charge in [0, 0.05) is 13.1 Å². The molecule has 0 spiro atoms. The van der Waals surface area contributed by atoms with E-state index in [0.717, 1.165) is 13.1 Å². The number of carbonyl (C=O) groups is 1. The molecule has 3 nitrogen and oxygen atoms in total. The molecule has 76 valence electrons. The van der Waals surface area contributed by atoms with Crippen LogP contribution in [-0.2, 0) is 4.79 Å². The van der Waals surface area contributed by atoms with E-state index in [1.807, 2.05) is 11.9 Å². The number of likely N-dealkylation sites (N-methyl/N-ethyl adjacent to an activating group) is 1. The van der Waals surface area contributed by atoms with E-state index in [9.17, 15) is 4.79 Å². The summed E-state index contributed by atoms with van der Waals surface area (Å²) in [5.41, 5.74) is 0. The second kappa shape index (κ2) is 4.61. The zero-order valence-electron chi connectivity index (χ0n) is 8.84. The molecule has 1 fully saturated rings. The maximum absolute atomic E-state index is 11.5. The molecule has 0 bridgehead atoms. The van der Waals surface area contributed by atoms with Crippen LogP contribution in [0, 0.1) is 11.8 Å². The van der Waals surface area contributed by atoms with Crippen molar-refractivity contribution in [3.05, 3.63) is 0 Å². The predicted molar refractivity (Wildman–Crippen MR) is 53.5 cm³/mol. The van der Waals surface area contributed by atoms with Crippen LogP contribution in [0.15, 0.2) is 0 Å². The zero-order valence-corrected chi connectivity index (χ0v) is 8.84.